The summed E-state index contributed by atoms with van der Waals surface area (Å²) >= 11 is 11.3. The number of carbonyl (C=O) groups excluding carboxylic acids is 4. The van der Waals surface area contributed by atoms with Gasteiger partial charge in [-0.15, -0.1) is 0 Å². The Morgan fingerprint density at radius 1 is 0.375 bits per heavy atom. The predicted molar refractivity (Wildman–Crippen MR) is 254 cm³/mol. The van der Waals surface area contributed by atoms with Crippen LogP contribution >= 0.6 is 136 Å². The summed E-state index contributed by atoms with van der Waals surface area (Å²) in [6.45, 7) is -3.89. The molecule has 0 saturated heterocycles. The zero-order chi connectivity index (χ0) is 42.4. The number of nitrogens with one attached hydrogen (secondary N) is 6. The Morgan fingerprint density at radius 2 is 0.589 bits per heavy atom. The number of halogens is 6. The van der Waals surface area contributed by atoms with Gasteiger partial charge in [0.2, 0.25) is 0 Å². The second kappa shape index (κ2) is 25.7. The molecule has 0 saturated carbocycles. The van der Waals surface area contributed by atoms with E-state index in [0.29, 0.717) is 14.3 Å². The van der Waals surface area contributed by atoms with Crippen molar-refractivity contribution in [2.45, 2.75) is 30.5 Å². The van der Waals surface area contributed by atoms with Crippen molar-refractivity contribution in [2.75, 3.05) is 76.3 Å². The number of rotatable bonds is 22. The van der Waals surface area contributed by atoms with Crippen LogP contribution in [0.4, 0.5) is 11.4 Å². The van der Waals surface area contributed by atoms with Gasteiger partial charge in [-0.2, -0.15) is 0 Å². The van der Waals surface area contributed by atoms with E-state index < -0.39 is 80.6 Å². The third-order valence-electron chi connectivity index (χ3n) is 7.41. The molecule has 0 bridgehead atoms. The second-order valence-electron chi connectivity index (χ2n) is 11.7. The summed E-state index contributed by atoms with van der Waals surface area (Å²) < 4.78 is 1.87. The highest BCUT2D eigenvalue weighted by molar-refractivity contribution is 14.1. The van der Waals surface area contributed by atoms with Gasteiger partial charge in [-0.05, 0) is 136 Å². The van der Waals surface area contributed by atoms with Crippen LogP contribution in [0, 0.1) is 21.4 Å². The van der Waals surface area contributed by atoms with Crippen LogP contribution in [-0.2, 0) is 0 Å². The summed E-state index contributed by atoms with van der Waals surface area (Å²) in [6, 6.07) is 0. The molecule has 314 valence electrons. The lowest BCUT2D eigenvalue weighted by Crippen LogP contribution is -2.37. The third-order valence-corrected chi connectivity index (χ3v) is 13.9. The van der Waals surface area contributed by atoms with Gasteiger partial charge in [0, 0.05) is 46.4 Å². The molecule has 2 rings (SSSR count). The van der Waals surface area contributed by atoms with E-state index >= 15 is 0 Å². The lowest BCUT2D eigenvalue weighted by Gasteiger charge is -2.23. The van der Waals surface area contributed by atoms with E-state index in [1.165, 1.54) is 0 Å². The van der Waals surface area contributed by atoms with Gasteiger partial charge in [0.15, 0.2) is 0 Å². The lowest BCUT2D eigenvalue weighted by molar-refractivity contribution is 0.0792. The summed E-state index contributed by atoms with van der Waals surface area (Å²) in [5, 5.41) is 103. The summed E-state index contributed by atoms with van der Waals surface area (Å²) in [7, 11) is 0. The number of aliphatic hydroxyl groups is 9. The highest BCUT2D eigenvalue weighted by atomic mass is 127. The summed E-state index contributed by atoms with van der Waals surface area (Å²) in [5.41, 5.74) is 0.792. The van der Waals surface area contributed by atoms with E-state index in [2.05, 4.69) is 31.9 Å². The quantitative estimate of drug-likeness (QED) is 0.0599. The fourth-order valence-corrected chi connectivity index (χ4v) is 13.5. The Morgan fingerprint density at radius 3 is 0.786 bits per heavy atom. The van der Waals surface area contributed by atoms with Crippen molar-refractivity contribution in [3.05, 3.63) is 43.7 Å². The summed E-state index contributed by atoms with van der Waals surface area (Å²) in [4.78, 5) is 53.4. The van der Waals surface area contributed by atoms with Crippen molar-refractivity contribution in [2.24, 2.45) is 0 Å². The van der Waals surface area contributed by atoms with E-state index in [1.54, 1.807) is 0 Å². The minimum atomic E-state index is -1.24. The van der Waals surface area contributed by atoms with Crippen LogP contribution in [0.15, 0.2) is 0 Å². The van der Waals surface area contributed by atoms with E-state index in [0.717, 1.165) is 0 Å². The third kappa shape index (κ3) is 14.5. The van der Waals surface area contributed by atoms with Crippen molar-refractivity contribution in [3.8, 4) is 0 Å². The molecule has 15 N–H and O–H groups in total. The Kier molecular flexibility index (Phi) is 23.9. The van der Waals surface area contributed by atoms with Crippen LogP contribution in [0.2, 0.25) is 0 Å². The minimum absolute atomic E-state index is 0.0531. The molecule has 2 aromatic carbocycles. The van der Waals surface area contributed by atoms with E-state index in [1.807, 2.05) is 136 Å². The molecule has 4 unspecified atom stereocenters. The molecule has 0 aliphatic heterocycles. The number of amides is 4. The van der Waals surface area contributed by atoms with Crippen molar-refractivity contribution < 1.29 is 65.1 Å². The second-order valence-corrected chi connectivity index (χ2v) is 18.2. The topological polar surface area (TPSA) is 323 Å². The first-order valence-electron chi connectivity index (χ1n) is 16.2. The Hall–Kier alpha value is -0.0600. The van der Waals surface area contributed by atoms with Crippen LogP contribution in [0.3, 0.4) is 0 Å². The zero-order valence-electron chi connectivity index (χ0n) is 28.9. The normalized spacial score (nSPS) is 13.9. The minimum Gasteiger partial charge on any atom is -0.394 e. The number of anilines is 2. The molecule has 0 aliphatic rings. The highest BCUT2D eigenvalue weighted by Gasteiger charge is 2.30. The van der Waals surface area contributed by atoms with Crippen molar-refractivity contribution in [1.29, 1.82) is 0 Å². The SMILES string of the molecule is O=C(NCC(O)CO)c1c(I)c(NCC(O)CNc2c(I)c(C(=O)NCC(O)CO)c(I)c(C(=O)NCC(O)CO)c2I)c(I)c(C(=O)NCC(O)CO)c1I. The van der Waals surface area contributed by atoms with Crippen LogP contribution in [0.5, 0.6) is 0 Å². The van der Waals surface area contributed by atoms with E-state index in [4.69, 9.17) is 0 Å². The van der Waals surface area contributed by atoms with Crippen LogP contribution in [0.1, 0.15) is 41.4 Å². The molecule has 0 fully saturated rings. The number of benzene rings is 2. The molecule has 0 radical (unpaired) electrons. The monoisotopic (exact) mass is 1470 g/mol. The Bertz CT molecular complexity index is 1500. The first kappa shape index (κ1) is 52.1. The largest absolute Gasteiger partial charge is 0.394 e. The van der Waals surface area contributed by atoms with Gasteiger partial charge >= 0.3 is 0 Å². The number of aliphatic hydroxyl groups excluding tert-OH is 9. The maximum Gasteiger partial charge on any atom is 0.253 e. The molecule has 0 spiro atoms. The van der Waals surface area contributed by atoms with E-state index in [9.17, 15) is 65.1 Å². The van der Waals surface area contributed by atoms with Crippen molar-refractivity contribution in [1.82, 2.24) is 21.3 Å². The molecule has 25 heteroatoms. The molecular formula is C31H40I6N6O13. The molecule has 19 nitrogen and oxygen atoms in total. The number of carbonyl (C=O) groups is 4. The van der Waals surface area contributed by atoms with Gasteiger partial charge in [-0.25, -0.2) is 0 Å². The first-order chi connectivity index (χ1) is 26.4. The van der Waals surface area contributed by atoms with Crippen LogP contribution in [0.25, 0.3) is 0 Å². The number of hydrogen-bond acceptors (Lipinski definition) is 15. The Balaban J connectivity index is 2.51. The molecule has 0 aliphatic carbocycles. The standard InChI is InChI=1S/C31H40I6N6O13/c32-20-16(28(53)40-3-12(49)7-44)22(34)26(23(35)17(20)29(54)41-4-13(50)8-45)38-1-11(48)2-39-27-24(36)18(30(55)42-5-14(51)9-46)21(33)19(25(27)37)31(56)43-6-15(52)10-47/h11-15,38-39,44-52H,1-10H2,(H,40,53)(H,41,54)(H,42,55)(H,43,56). The highest BCUT2D eigenvalue weighted by Crippen LogP contribution is 2.37. The van der Waals surface area contributed by atoms with Gasteiger partial charge in [0.25, 0.3) is 23.6 Å². The van der Waals surface area contributed by atoms with Crippen molar-refractivity contribution in [3.63, 3.8) is 0 Å². The fourth-order valence-electron chi connectivity index (χ4n) is 4.40. The van der Waals surface area contributed by atoms with Gasteiger partial charge < -0.3 is 77.9 Å². The average molecular weight is 1470 g/mol. The smallest absolute Gasteiger partial charge is 0.253 e. The molecule has 4 amide bonds. The molecule has 56 heavy (non-hydrogen) atoms. The molecule has 2 aromatic rings. The molecule has 0 heterocycles. The first-order valence-corrected chi connectivity index (χ1v) is 22.7. The van der Waals surface area contributed by atoms with Gasteiger partial charge in [0.05, 0.1) is 105 Å². The molecule has 0 aromatic heterocycles. The Labute approximate surface area is 402 Å². The number of hydrogen-bond donors (Lipinski definition) is 15. The summed E-state index contributed by atoms with van der Waals surface area (Å²) in [5.74, 6) is -2.68. The average Bonchev–Trinajstić information content (AvgIpc) is 3.16. The van der Waals surface area contributed by atoms with Gasteiger partial charge in [-0.1, -0.05) is 0 Å². The van der Waals surface area contributed by atoms with Crippen LogP contribution < -0.4 is 31.9 Å². The fraction of sp³-hybridized carbons (Fsp3) is 0.484. The van der Waals surface area contributed by atoms with Gasteiger partial charge in [-0.3, -0.25) is 19.2 Å². The van der Waals surface area contributed by atoms with Crippen LogP contribution in [-0.4, -0.2) is 166 Å². The predicted octanol–water partition coefficient (Wildman–Crippen LogP) is -1.47. The zero-order valence-corrected chi connectivity index (χ0v) is 41.8. The lowest BCUT2D eigenvalue weighted by atomic mass is 10.1. The summed E-state index contributed by atoms with van der Waals surface area (Å²) in [6.07, 6.45) is -6.15. The molecule has 4 atom stereocenters. The maximum atomic E-state index is 13.4. The van der Waals surface area contributed by atoms with Crippen molar-refractivity contribution >= 4 is 171 Å². The van der Waals surface area contributed by atoms with E-state index in [-0.39, 0.29) is 80.0 Å². The van der Waals surface area contributed by atoms with Gasteiger partial charge in [0.1, 0.15) is 0 Å². The maximum absolute atomic E-state index is 13.4. The molecular weight excluding hydrogens is 1430 g/mol.